The molecule has 2 amide bonds. The molecule has 0 unspecified atom stereocenters. The van der Waals surface area contributed by atoms with Gasteiger partial charge in [0.05, 0.1) is 0 Å². The molecule has 251 valence electrons. The molecule has 1 radical (unpaired) electrons. The molecule has 0 aliphatic rings. The van der Waals surface area contributed by atoms with Gasteiger partial charge in [-0.15, -0.1) is 0 Å². The van der Waals surface area contributed by atoms with Crippen molar-refractivity contribution in [2.75, 3.05) is 0 Å². The molecule has 2 aromatic carbocycles. The minimum Gasteiger partial charge on any atom is -0.501 e. The summed E-state index contributed by atoms with van der Waals surface area (Å²) in [5.41, 5.74) is -0.580. The second-order valence-electron chi connectivity index (χ2n) is 11.0. The average Bonchev–Trinajstić information content (AvgIpc) is 3.02. The number of aromatic nitrogens is 4. The molecule has 15 heteroatoms. The average molecular weight is 698 g/mol. The number of carbonyl (C=O) groups excluding carboxylic acids is 2. The Hall–Kier alpha value is -4.89. The first-order valence-electron chi connectivity index (χ1n) is 14.3. The van der Waals surface area contributed by atoms with E-state index in [2.05, 4.69) is 20.6 Å². The fourth-order valence-corrected chi connectivity index (χ4v) is 4.30. The number of nitrogens with one attached hydrogen (secondary N) is 2. The molecule has 0 spiro atoms. The van der Waals surface area contributed by atoms with Gasteiger partial charge in [0.2, 0.25) is 11.5 Å². The zero-order chi connectivity index (χ0) is 34.3. The third-order valence-corrected chi connectivity index (χ3v) is 6.80. The zero-order valence-corrected chi connectivity index (χ0v) is 27.6. The Morgan fingerprint density at radius 3 is 1.26 bits per heavy atom. The van der Waals surface area contributed by atoms with Crippen LogP contribution in [-0.4, -0.2) is 41.1 Å². The van der Waals surface area contributed by atoms with E-state index in [-0.39, 0.29) is 64.7 Å². The Bertz CT molecular complexity index is 1710. The van der Waals surface area contributed by atoms with Crippen LogP contribution in [0.5, 0.6) is 11.5 Å². The zero-order valence-electron chi connectivity index (χ0n) is 26.6. The van der Waals surface area contributed by atoms with Crippen LogP contribution in [0.2, 0.25) is 0 Å². The predicted octanol–water partition coefficient (Wildman–Crippen LogP) is 3.35. The van der Waals surface area contributed by atoms with Crippen molar-refractivity contribution in [1.82, 2.24) is 29.7 Å². The van der Waals surface area contributed by atoms with Crippen LogP contribution >= 0.6 is 0 Å². The van der Waals surface area contributed by atoms with Crippen molar-refractivity contribution in [3.05, 3.63) is 115 Å². The maximum atomic E-state index is 12.8. The number of carbonyl (C=O) groups is 2. The number of halogens is 2. The van der Waals surface area contributed by atoms with Gasteiger partial charge in [-0.2, -0.15) is 0 Å². The van der Waals surface area contributed by atoms with Crippen molar-refractivity contribution in [3.63, 3.8) is 0 Å². The second kappa shape index (κ2) is 16.6. The van der Waals surface area contributed by atoms with Gasteiger partial charge in [-0.1, -0.05) is 52.0 Å². The van der Waals surface area contributed by atoms with Crippen molar-refractivity contribution < 1.29 is 45.4 Å². The third-order valence-electron chi connectivity index (χ3n) is 6.80. The number of amides is 2. The monoisotopic (exact) mass is 697 g/mol. The summed E-state index contributed by atoms with van der Waals surface area (Å²) in [6, 6.07) is 11.3. The summed E-state index contributed by atoms with van der Waals surface area (Å²) >= 11 is 0. The van der Waals surface area contributed by atoms with Crippen molar-refractivity contribution in [2.24, 2.45) is 14.1 Å². The summed E-state index contributed by atoms with van der Waals surface area (Å²) in [5.74, 6) is -2.80. The maximum absolute atomic E-state index is 12.8. The number of hydrogen-bond acceptors (Lipinski definition) is 8. The van der Waals surface area contributed by atoms with E-state index >= 15 is 0 Å². The Labute approximate surface area is 279 Å². The fourth-order valence-electron chi connectivity index (χ4n) is 4.30. The molecule has 0 saturated heterocycles. The van der Waals surface area contributed by atoms with E-state index in [0.29, 0.717) is 22.8 Å². The van der Waals surface area contributed by atoms with Gasteiger partial charge in [0.1, 0.15) is 23.3 Å². The fraction of sp³-hybridized carbons (Fsp3) is 0.312. The summed E-state index contributed by atoms with van der Waals surface area (Å²) in [7, 11) is 2.98. The number of aromatic hydroxyl groups is 2. The molecule has 12 nitrogen and oxygen atoms in total. The Kier molecular flexibility index (Phi) is 13.5. The molecule has 0 atom stereocenters. The Morgan fingerprint density at radius 2 is 0.979 bits per heavy atom. The number of benzene rings is 2. The van der Waals surface area contributed by atoms with Crippen LogP contribution in [-0.2, 0) is 44.0 Å². The van der Waals surface area contributed by atoms with Gasteiger partial charge in [-0.3, -0.25) is 28.3 Å². The van der Waals surface area contributed by atoms with E-state index in [1.807, 2.05) is 27.7 Å². The number of hydrogen-bond donors (Lipinski definition) is 4. The van der Waals surface area contributed by atoms with E-state index in [9.17, 15) is 38.2 Å². The minimum absolute atomic E-state index is 0. The summed E-state index contributed by atoms with van der Waals surface area (Å²) in [6.45, 7) is 7.59. The van der Waals surface area contributed by atoms with E-state index in [1.54, 1.807) is 0 Å². The van der Waals surface area contributed by atoms with Crippen LogP contribution in [0.3, 0.4) is 0 Å². The van der Waals surface area contributed by atoms with Gasteiger partial charge in [-0.05, 0) is 35.4 Å². The van der Waals surface area contributed by atoms with Crippen LogP contribution in [0.15, 0.2) is 58.1 Å². The molecular formula is C32H36CoF2N6O6+2. The van der Waals surface area contributed by atoms with E-state index in [4.69, 9.17) is 0 Å². The molecule has 0 aliphatic carbocycles. The molecule has 4 rings (SSSR count). The third kappa shape index (κ3) is 9.56. The topological polar surface area (TPSA) is 168 Å². The van der Waals surface area contributed by atoms with E-state index in [0.717, 1.165) is 0 Å². The summed E-state index contributed by atoms with van der Waals surface area (Å²) in [6.07, 6.45) is 0. The Morgan fingerprint density at radius 1 is 0.681 bits per heavy atom. The first kappa shape index (κ1) is 38.3. The van der Waals surface area contributed by atoms with Crippen molar-refractivity contribution in [3.8, 4) is 11.5 Å². The standard InChI is InChI=1S/2C16H18FN3O3.Co/c2*1-9(2)14-19-12(13(21)16(23)20(14)3)15(22)18-8-10-4-6-11(17)7-5-10;/h2*4-7,9,21H,8H2,1-3H3,(H,18,22);/q;;+2. The molecule has 47 heavy (non-hydrogen) atoms. The molecule has 0 aliphatic heterocycles. The molecule has 4 N–H and O–H groups in total. The molecule has 0 bridgehead atoms. The van der Waals surface area contributed by atoms with Gasteiger partial charge in [0, 0.05) is 39.0 Å². The van der Waals surface area contributed by atoms with Crippen LogP contribution < -0.4 is 21.8 Å². The molecule has 0 saturated carbocycles. The number of rotatable bonds is 8. The van der Waals surface area contributed by atoms with Crippen LogP contribution in [0.25, 0.3) is 0 Å². The van der Waals surface area contributed by atoms with Crippen molar-refractivity contribution >= 4 is 11.8 Å². The maximum Gasteiger partial charge on any atom is 2.00 e. The predicted molar refractivity (Wildman–Crippen MR) is 166 cm³/mol. The SMILES string of the molecule is CC(C)c1nc(C(=O)NCc2ccc(F)cc2)c(O)c(=O)n1C.CC(C)c1nc(C(=O)NCc2ccc(F)cc2)c(O)c(=O)n1C.[Co+2]. The van der Waals surface area contributed by atoms with Gasteiger partial charge in [0.25, 0.3) is 22.9 Å². The molecule has 2 aromatic heterocycles. The van der Waals surface area contributed by atoms with Crippen molar-refractivity contribution in [2.45, 2.75) is 52.6 Å². The first-order chi connectivity index (χ1) is 21.6. The first-order valence-corrected chi connectivity index (χ1v) is 14.3. The summed E-state index contributed by atoms with van der Waals surface area (Å²) in [4.78, 5) is 56.5. The van der Waals surface area contributed by atoms with Crippen molar-refractivity contribution in [1.29, 1.82) is 0 Å². The largest absolute Gasteiger partial charge is 2.00 e. The molecular weight excluding hydrogens is 661 g/mol. The van der Waals surface area contributed by atoms with Gasteiger partial charge >= 0.3 is 16.8 Å². The van der Waals surface area contributed by atoms with Gasteiger partial charge in [0.15, 0.2) is 11.4 Å². The summed E-state index contributed by atoms with van der Waals surface area (Å²) in [5, 5.41) is 24.9. The second-order valence-corrected chi connectivity index (χ2v) is 11.0. The Balaban J connectivity index is 0.000000320. The quantitative estimate of drug-likeness (QED) is 0.218. The molecule has 2 heterocycles. The van der Waals surface area contributed by atoms with Gasteiger partial charge in [-0.25, -0.2) is 18.7 Å². The normalized spacial score (nSPS) is 10.6. The van der Waals surface area contributed by atoms with Crippen LogP contribution in [0, 0.1) is 11.6 Å². The molecule has 0 fully saturated rings. The van der Waals surface area contributed by atoms with Gasteiger partial charge < -0.3 is 20.8 Å². The number of nitrogens with zero attached hydrogens (tertiary/aromatic N) is 4. The minimum atomic E-state index is -0.687. The smallest absolute Gasteiger partial charge is 0.501 e. The van der Waals surface area contributed by atoms with E-state index < -0.39 is 34.4 Å². The van der Waals surface area contributed by atoms with Crippen LogP contribution in [0.1, 0.15) is 83.3 Å². The van der Waals surface area contributed by atoms with Crippen LogP contribution in [0.4, 0.5) is 8.78 Å². The van der Waals surface area contributed by atoms with E-state index in [1.165, 1.54) is 71.8 Å². The molecule has 4 aromatic rings. The summed E-state index contributed by atoms with van der Waals surface area (Å²) < 4.78 is 28.1.